The third-order valence-corrected chi connectivity index (χ3v) is 2.27. The Kier molecular flexibility index (Phi) is 4.72. The number of ether oxygens (including phenoxy) is 1. The third kappa shape index (κ3) is 3.92. The molecular weight excluding hydrogens is 216 g/mol. The van der Waals surface area contributed by atoms with Crippen molar-refractivity contribution in [2.75, 3.05) is 33.1 Å². The lowest BCUT2D eigenvalue weighted by molar-refractivity contribution is 0.230. The van der Waals surface area contributed by atoms with Crippen LogP contribution in [-0.2, 0) is 4.74 Å². The highest BCUT2D eigenvalue weighted by atomic mass is 16.5. The molecule has 0 aliphatic rings. The lowest BCUT2D eigenvalue weighted by atomic mass is 10.1. The van der Waals surface area contributed by atoms with E-state index in [0.29, 0.717) is 6.61 Å². The highest BCUT2D eigenvalue weighted by Gasteiger charge is 2.04. The van der Waals surface area contributed by atoms with E-state index in [0.717, 1.165) is 16.8 Å². The molecule has 0 spiro atoms. The van der Waals surface area contributed by atoms with E-state index in [2.05, 4.69) is 11.9 Å². The normalized spacial score (nSPS) is 9.82. The molecule has 1 aromatic carbocycles. The van der Waals surface area contributed by atoms with E-state index < -0.39 is 0 Å². The Labute approximate surface area is 102 Å². The summed E-state index contributed by atoms with van der Waals surface area (Å²) >= 11 is 0. The van der Waals surface area contributed by atoms with Crippen LogP contribution in [0, 0.1) is 0 Å². The van der Waals surface area contributed by atoms with Crippen molar-refractivity contribution in [1.29, 1.82) is 0 Å². The van der Waals surface area contributed by atoms with Gasteiger partial charge < -0.3 is 15.0 Å². The highest BCUT2D eigenvalue weighted by Crippen LogP contribution is 2.16. The number of urea groups is 1. The number of benzene rings is 1. The molecule has 1 N–H and O–H groups in total. The minimum absolute atomic E-state index is 0.145. The Morgan fingerprint density at radius 2 is 1.94 bits per heavy atom. The van der Waals surface area contributed by atoms with Gasteiger partial charge in [-0.3, -0.25) is 0 Å². The average Bonchev–Trinajstić information content (AvgIpc) is 2.30. The van der Waals surface area contributed by atoms with E-state index in [-0.39, 0.29) is 6.03 Å². The lowest BCUT2D eigenvalue weighted by Gasteiger charge is -2.12. The van der Waals surface area contributed by atoms with Gasteiger partial charge in [-0.25, -0.2) is 4.79 Å². The molecule has 0 saturated heterocycles. The quantitative estimate of drug-likeness (QED) is 0.869. The molecule has 0 atom stereocenters. The van der Waals surface area contributed by atoms with Gasteiger partial charge in [-0.15, -0.1) is 0 Å². The number of carbonyl (C=O) groups is 1. The number of nitrogens with zero attached hydrogens (tertiary/aromatic N) is 1. The van der Waals surface area contributed by atoms with E-state index in [9.17, 15) is 4.79 Å². The predicted molar refractivity (Wildman–Crippen MR) is 70.1 cm³/mol. The molecule has 0 aliphatic carbocycles. The number of methoxy groups -OCH3 is 1. The predicted octanol–water partition coefficient (Wildman–Crippen LogP) is 2.44. The van der Waals surface area contributed by atoms with Gasteiger partial charge >= 0.3 is 6.03 Å². The van der Waals surface area contributed by atoms with Crippen LogP contribution in [0.4, 0.5) is 10.5 Å². The minimum atomic E-state index is -0.145. The van der Waals surface area contributed by atoms with Gasteiger partial charge in [0.05, 0.1) is 6.61 Å². The van der Waals surface area contributed by atoms with E-state index in [1.54, 1.807) is 21.2 Å². The summed E-state index contributed by atoms with van der Waals surface area (Å²) < 4.78 is 5.01. The largest absolute Gasteiger partial charge is 0.380 e. The van der Waals surface area contributed by atoms with Gasteiger partial charge in [0.2, 0.25) is 0 Å². The van der Waals surface area contributed by atoms with Crippen molar-refractivity contribution in [2.24, 2.45) is 0 Å². The first kappa shape index (κ1) is 13.3. The molecule has 17 heavy (non-hydrogen) atoms. The molecule has 4 nitrogen and oxygen atoms in total. The molecule has 0 unspecified atom stereocenters. The van der Waals surface area contributed by atoms with Crippen molar-refractivity contribution in [2.45, 2.75) is 0 Å². The molecule has 0 saturated carbocycles. The summed E-state index contributed by atoms with van der Waals surface area (Å²) in [7, 11) is 5.03. The topological polar surface area (TPSA) is 41.6 Å². The molecule has 0 radical (unpaired) electrons. The monoisotopic (exact) mass is 234 g/mol. The zero-order valence-electron chi connectivity index (χ0n) is 10.5. The van der Waals surface area contributed by atoms with Crippen molar-refractivity contribution < 1.29 is 9.53 Å². The van der Waals surface area contributed by atoms with Crippen LogP contribution in [0.1, 0.15) is 5.56 Å². The Bertz CT molecular complexity index is 396. The fourth-order valence-electron chi connectivity index (χ4n) is 1.28. The first-order chi connectivity index (χ1) is 8.04. The molecule has 2 amide bonds. The summed E-state index contributed by atoms with van der Waals surface area (Å²) in [5.74, 6) is 0. The van der Waals surface area contributed by atoms with Gasteiger partial charge in [-0.1, -0.05) is 18.7 Å². The molecule has 92 valence electrons. The van der Waals surface area contributed by atoms with E-state index in [1.807, 2.05) is 24.3 Å². The van der Waals surface area contributed by atoms with Gasteiger partial charge in [0.1, 0.15) is 0 Å². The van der Waals surface area contributed by atoms with Crippen molar-refractivity contribution in [1.82, 2.24) is 4.90 Å². The fraction of sp³-hybridized carbons (Fsp3) is 0.308. The summed E-state index contributed by atoms with van der Waals surface area (Å²) in [6.45, 7) is 4.42. The smallest absolute Gasteiger partial charge is 0.321 e. The summed E-state index contributed by atoms with van der Waals surface area (Å²) in [5.41, 5.74) is 2.69. The number of anilines is 1. The van der Waals surface area contributed by atoms with Crippen molar-refractivity contribution in [3.8, 4) is 0 Å². The van der Waals surface area contributed by atoms with E-state index >= 15 is 0 Å². The summed E-state index contributed by atoms with van der Waals surface area (Å²) in [6.07, 6.45) is 0. The second-order valence-electron chi connectivity index (χ2n) is 3.94. The highest BCUT2D eigenvalue weighted by molar-refractivity contribution is 5.89. The Hall–Kier alpha value is -1.81. The molecule has 0 bridgehead atoms. The molecule has 1 rings (SSSR count). The number of hydrogen-bond acceptors (Lipinski definition) is 2. The molecule has 0 aliphatic heterocycles. The van der Waals surface area contributed by atoms with Crippen LogP contribution in [0.15, 0.2) is 30.8 Å². The number of hydrogen-bond donors (Lipinski definition) is 1. The second-order valence-corrected chi connectivity index (χ2v) is 3.94. The van der Waals surface area contributed by atoms with Gasteiger partial charge in [0.25, 0.3) is 0 Å². The molecule has 0 aromatic heterocycles. The molecule has 0 heterocycles. The van der Waals surface area contributed by atoms with Gasteiger partial charge in [-0.2, -0.15) is 0 Å². The zero-order chi connectivity index (χ0) is 12.8. The van der Waals surface area contributed by atoms with Gasteiger partial charge in [0, 0.05) is 26.9 Å². The van der Waals surface area contributed by atoms with Crippen LogP contribution in [-0.4, -0.2) is 38.7 Å². The van der Waals surface area contributed by atoms with Crippen LogP contribution in [0.2, 0.25) is 0 Å². The van der Waals surface area contributed by atoms with Crippen LogP contribution in [0.5, 0.6) is 0 Å². The lowest BCUT2D eigenvalue weighted by Crippen LogP contribution is -2.27. The number of amides is 2. The van der Waals surface area contributed by atoms with E-state index in [1.165, 1.54) is 4.90 Å². The van der Waals surface area contributed by atoms with Gasteiger partial charge in [-0.05, 0) is 23.3 Å². The number of rotatable bonds is 4. The van der Waals surface area contributed by atoms with Gasteiger partial charge in [0.15, 0.2) is 0 Å². The maximum atomic E-state index is 11.4. The molecule has 0 fully saturated rings. The summed E-state index contributed by atoms with van der Waals surface area (Å²) in [4.78, 5) is 12.9. The zero-order valence-corrected chi connectivity index (χ0v) is 10.5. The Morgan fingerprint density at radius 1 is 1.35 bits per heavy atom. The van der Waals surface area contributed by atoms with Crippen molar-refractivity contribution >= 4 is 17.3 Å². The summed E-state index contributed by atoms with van der Waals surface area (Å²) in [6, 6.07) is 7.36. The Balaban J connectivity index is 2.68. The van der Waals surface area contributed by atoms with Crippen LogP contribution in [0.3, 0.4) is 0 Å². The fourth-order valence-corrected chi connectivity index (χ4v) is 1.28. The first-order valence-electron chi connectivity index (χ1n) is 5.30. The van der Waals surface area contributed by atoms with Crippen molar-refractivity contribution in [3.63, 3.8) is 0 Å². The maximum absolute atomic E-state index is 11.4. The SMILES string of the molecule is C=C(COC)c1ccc(NC(=O)N(C)C)cc1. The van der Waals surface area contributed by atoms with Crippen LogP contribution in [0.25, 0.3) is 5.57 Å². The summed E-state index contributed by atoms with van der Waals surface area (Å²) in [5, 5.41) is 2.77. The second kappa shape index (κ2) is 6.06. The van der Waals surface area contributed by atoms with E-state index in [4.69, 9.17) is 4.74 Å². The third-order valence-electron chi connectivity index (χ3n) is 2.27. The maximum Gasteiger partial charge on any atom is 0.321 e. The standard InChI is InChI=1S/C13H18N2O2/c1-10(9-17-4)11-5-7-12(8-6-11)14-13(16)15(2)3/h5-8H,1,9H2,2-4H3,(H,14,16). The molecule has 4 heteroatoms. The number of nitrogens with one attached hydrogen (secondary N) is 1. The van der Waals surface area contributed by atoms with Crippen LogP contribution >= 0.6 is 0 Å². The van der Waals surface area contributed by atoms with Crippen molar-refractivity contribution in [3.05, 3.63) is 36.4 Å². The Morgan fingerprint density at radius 3 is 2.41 bits per heavy atom. The minimum Gasteiger partial charge on any atom is -0.380 e. The number of carbonyl (C=O) groups excluding carboxylic acids is 1. The molecular formula is C13H18N2O2. The first-order valence-corrected chi connectivity index (χ1v) is 5.30. The van der Waals surface area contributed by atoms with Crippen LogP contribution < -0.4 is 5.32 Å². The average molecular weight is 234 g/mol. The molecule has 1 aromatic rings.